The fourth-order valence-electron chi connectivity index (χ4n) is 2.11. The van der Waals surface area contributed by atoms with Crippen molar-refractivity contribution >= 4 is 40.6 Å². The average Bonchev–Trinajstić information content (AvgIpc) is 2.65. The van der Waals surface area contributed by atoms with Crippen molar-refractivity contribution in [1.29, 1.82) is 0 Å². The summed E-state index contributed by atoms with van der Waals surface area (Å²) in [5, 5.41) is 6.55. The maximum atomic E-state index is 12.3. The van der Waals surface area contributed by atoms with Crippen LogP contribution in [0.5, 0.6) is 0 Å². The predicted octanol–water partition coefficient (Wildman–Crippen LogP) is 4.65. The van der Waals surface area contributed by atoms with Crippen molar-refractivity contribution in [2.75, 3.05) is 10.6 Å². The van der Waals surface area contributed by atoms with Gasteiger partial charge in [-0.3, -0.25) is 9.78 Å². The van der Waals surface area contributed by atoms with Gasteiger partial charge in [0.15, 0.2) is 0 Å². The number of hydrogen-bond acceptors (Lipinski definition) is 4. The van der Waals surface area contributed by atoms with Gasteiger partial charge < -0.3 is 10.6 Å². The highest BCUT2D eigenvalue weighted by atomic mass is 35.5. The Morgan fingerprint density at radius 2 is 1.88 bits per heavy atom. The molecular weight excluding hydrogens is 359 g/mol. The molecule has 5 nitrogen and oxygen atoms in total. The SMILES string of the molecule is O=C(Nc1cccc(Cl)c1Cl)c1ccc(NCc2ccccn2)nc1. The fourth-order valence-corrected chi connectivity index (χ4v) is 2.46. The van der Waals surface area contributed by atoms with E-state index in [0.29, 0.717) is 33.7 Å². The molecule has 0 fully saturated rings. The van der Waals surface area contributed by atoms with Crippen LogP contribution in [-0.2, 0) is 6.54 Å². The van der Waals surface area contributed by atoms with Gasteiger partial charge in [0.2, 0.25) is 0 Å². The highest BCUT2D eigenvalue weighted by Crippen LogP contribution is 2.29. The number of halogens is 2. The van der Waals surface area contributed by atoms with E-state index >= 15 is 0 Å². The largest absolute Gasteiger partial charge is 0.364 e. The van der Waals surface area contributed by atoms with E-state index in [0.717, 1.165) is 5.69 Å². The quantitative estimate of drug-likeness (QED) is 0.683. The Morgan fingerprint density at radius 3 is 2.60 bits per heavy atom. The Bertz CT molecular complexity index is 870. The molecule has 0 aliphatic rings. The number of hydrogen-bond donors (Lipinski definition) is 2. The minimum atomic E-state index is -0.312. The molecule has 0 atom stereocenters. The summed E-state index contributed by atoms with van der Waals surface area (Å²) in [4.78, 5) is 20.7. The summed E-state index contributed by atoms with van der Waals surface area (Å²) in [7, 11) is 0. The molecule has 2 aromatic heterocycles. The first-order chi connectivity index (χ1) is 12.1. The van der Waals surface area contributed by atoms with E-state index in [1.54, 1.807) is 36.5 Å². The zero-order chi connectivity index (χ0) is 17.6. The molecule has 2 heterocycles. The number of anilines is 2. The monoisotopic (exact) mass is 372 g/mol. The minimum absolute atomic E-state index is 0.305. The Hall–Kier alpha value is -2.63. The molecule has 0 bridgehead atoms. The zero-order valence-corrected chi connectivity index (χ0v) is 14.6. The number of nitrogens with one attached hydrogen (secondary N) is 2. The number of aromatic nitrogens is 2. The highest BCUT2D eigenvalue weighted by Gasteiger charge is 2.10. The standard InChI is InChI=1S/C18H14Cl2N4O/c19-14-5-3-6-15(17(14)20)24-18(25)12-7-8-16(22-10-12)23-11-13-4-1-2-9-21-13/h1-10H,11H2,(H,22,23)(H,24,25). The van der Waals surface area contributed by atoms with Gasteiger partial charge in [-0.25, -0.2) is 4.98 Å². The maximum absolute atomic E-state index is 12.3. The zero-order valence-electron chi connectivity index (χ0n) is 13.0. The molecule has 1 amide bonds. The Labute approximate surface area is 155 Å². The smallest absolute Gasteiger partial charge is 0.257 e. The van der Waals surface area contributed by atoms with Crippen molar-refractivity contribution in [1.82, 2.24) is 9.97 Å². The molecule has 0 saturated heterocycles. The van der Waals surface area contributed by atoms with E-state index in [4.69, 9.17) is 23.2 Å². The molecule has 3 aromatic rings. The van der Waals surface area contributed by atoms with E-state index in [-0.39, 0.29) is 5.91 Å². The molecule has 7 heteroatoms. The summed E-state index contributed by atoms with van der Waals surface area (Å²) >= 11 is 12.0. The van der Waals surface area contributed by atoms with Gasteiger partial charge in [-0.15, -0.1) is 0 Å². The number of pyridine rings is 2. The lowest BCUT2D eigenvalue weighted by molar-refractivity contribution is 0.102. The molecule has 0 radical (unpaired) electrons. The molecule has 0 spiro atoms. The van der Waals surface area contributed by atoms with Crippen LogP contribution in [0, 0.1) is 0 Å². The second-order valence-corrected chi connectivity index (χ2v) is 5.95. The van der Waals surface area contributed by atoms with Crippen molar-refractivity contribution < 1.29 is 4.79 Å². The molecule has 0 unspecified atom stereocenters. The molecule has 0 aliphatic carbocycles. The number of carbonyl (C=O) groups is 1. The first kappa shape index (κ1) is 17.2. The number of nitrogens with zero attached hydrogens (tertiary/aromatic N) is 2. The van der Waals surface area contributed by atoms with Crippen LogP contribution in [0.3, 0.4) is 0 Å². The van der Waals surface area contributed by atoms with E-state index in [2.05, 4.69) is 20.6 Å². The van der Waals surface area contributed by atoms with Crippen LogP contribution in [0.1, 0.15) is 16.1 Å². The van der Waals surface area contributed by atoms with Gasteiger partial charge in [0, 0.05) is 12.4 Å². The van der Waals surface area contributed by atoms with Crippen molar-refractivity contribution in [3.63, 3.8) is 0 Å². The predicted molar refractivity (Wildman–Crippen MR) is 100 cm³/mol. The van der Waals surface area contributed by atoms with Crippen molar-refractivity contribution in [3.05, 3.63) is 82.2 Å². The highest BCUT2D eigenvalue weighted by molar-refractivity contribution is 6.44. The van der Waals surface area contributed by atoms with E-state index < -0.39 is 0 Å². The summed E-state index contributed by atoms with van der Waals surface area (Å²) in [6.45, 7) is 0.553. The van der Waals surface area contributed by atoms with Crippen molar-refractivity contribution in [2.45, 2.75) is 6.54 Å². The lowest BCUT2D eigenvalue weighted by atomic mass is 10.2. The summed E-state index contributed by atoms with van der Waals surface area (Å²) in [5.74, 6) is 0.343. The number of benzene rings is 1. The number of rotatable bonds is 5. The summed E-state index contributed by atoms with van der Waals surface area (Å²) in [5.41, 5.74) is 1.78. The second-order valence-electron chi connectivity index (χ2n) is 5.16. The van der Waals surface area contributed by atoms with E-state index in [1.807, 2.05) is 18.2 Å². The van der Waals surface area contributed by atoms with Gasteiger partial charge in [0.25, 0.3) is 5.91 Å². The Morgan fingerprint density at radius 1 is 1.00 bits per heavy atom. The van der Waals surface area contributed by atoms with E-state index in [1.165, 1.54) is 6.20 Å². The van der Waals surface area contributed by atoms with Crippen molar-refractivity contribution in [2.24, 2.45) is 0 Å². The maximum Gasteiger partial charge on any atom is 0.257 e. The van der Waals surface area contributed by atoms with Crippen LogP contribution in [0.15, 0.2) is 60.9 Å². The third-order valence-corrected chi connectivity index (χ3v) is 4.22. The molecular formula is C18H14Cl2N4O. The van der Waals surface area contributed by atoms with Crippen LogP contribution in [0.4, 0.5) is 11.5 Å². The fraction of sp³-hybridized carbons (Fsp3) is 0.0556. The van der Waals surface area contributed by atoms with Gasteiger partial charge in [0.1, 0.15) is 5.82 Å². The molecule has 25 heavy (non-hydrogen) atoms. The first-order valence-electron chi connectivity index (χ1n) is 7.48. The van der Waals surface area contributed by atoms with Crippen LogP contribution in [0.2, 0.25) is 10.0 Å². The first-order valence-corrected chi connectivity index (χ1v) is 8.24. The van der Waals surface area contributed by atoms with Crippen LogP contribution < -0.4 is 10.6 Å². The Kier molecular flexibility index (Phi) is 5.48. The topological polar surface area (TPSA) is 66.9 Å². The number of amides is 1. The summed E-state index contributed by atoms with van der Waals surface area (Å²) in [6, 6.07) is 14.2. The minimum Gasteiger partial charge on any atom is -0.364 e. The van der Waals surface area contributed by atoms with Crippen LogP contribution in [0.25, 0.3) is 0 Å². The van der Waals surface area contributed by atoms with Gasteiger partial charge in [0.05, 0.1) is 33.5 Å². The molecule has 0 saturated carbocycles. The van der Waals surface area contributed by atoms with Crippen LogP contribution >= 0.6 is 23.2 Å². The Balaban J connectivity index is 1.63. The normalized spacial score (nSPS) is 10.3. The third-order valence-electron chi connectivity index (χ3n) is 3.40. The van der Waals surface area contributed by atoms with Gasteiger partial charge >= 0.3 is 0 Å². The van der Waals surface area contributed by atoms with Gasteiger partial charge in [-0.05, 0) is 36.4 Å². The molecule has 1 aromatic carbocycles. The summed E-state index contributed by atoms with van der Waals surface area (Å²) < 4.78 is 0. The summed E-state index contributed by atoms with van der Waals surface area (Å²) in [6.07, 6.45) is 3.23. The third kappa shape index (κ3) is 4.47. The van der Waals surface area contributed by atoms with E-state index in [9.17, 15) is 4.79 Å². The van der Waals surface area contributed by atoms with Gasteiger partial charge in [-0.2, -0.15) is 0 Å². The van der Waals surface area contributed by atoms with Crippen molar-refractivity contribution in [3.8, 4) is 0 Å². The molecule has 0 aliphatic heterocycles. The van der Waals surface area contributed by atoms with Gasteiger partial charge in [-0.1, -0.05) is 35.3 Å². The average molecular weight is 373 g/mol. The second kappa shape index (κ2) is 7.96. The number of carbonyl (C=O) groups excluding carboxylic acids is 1. The lowest BCUT2D eigenvalue weighted by Crippen LogP contribution is -2.13. The molecule has 126 valence electrons. The molecule has 2 N–H and O–H groups in total. The molecule has 3 rings (SSSR count). The lowest BCUT2D eigenvalue weighted by Gasteiger charge is -2.09. The van der Waals surface area contributed by atoms with Crippen LogP contribution in [-0.4, -0.2) is 15.9 Å².